The van der Waals surface area contributed by atoms with Gasteiger partial charge in [0.1, 0.15) is 11.5 Å². The number of hydrogen-bond donors (Lipinski definition) is 2. The van der Waals surface area contributed by atoms with Crippen LogP contribution in [-0.2, 0) is 23.4 Å². The number of benzene rings is 3. The molecule has 152 valence electrons. The first-order valence-electron chi connectivity index (χ1n) is 9.53. The third kappa shape index (κ3) is 4.13. The third-order valence-corrected chi connectivity index (χ3v) is 5.99. The van der Waals surface area contributed by atoms with Gasteiger partial charge in [0.2, 0.25) is 0 Å². The molecule has 1 aliphatic rings. The average Bonchev–Trinajstić information content (AvgIpc) is 2.78. The van der Waals surface area contributed by atoms with E-state index >= 15 is 0 Å². The van der Waals surface area contributed by atoms with Gasteiger partial charge in [0, 0.05) is 29.2 Å². The van der Waals surface area contributed by atoms with Crippen molar-refractivity contribution in [2.75, 3.05) is 0 Å². The quantitative estimate of drug-likeness (QED) is 0.425. The summed E-state index contributed by atoms with van der Waals surface area (Å²) >= 11 is 3.58. The molecule has 3 N–H and O–H groups in total. The van der Waals surface area contributed by atoms with E-state index in [0.717, 1.165) is 44.9 Å². The number of fused-ring (bicyclic) bond motifs is 1. The Bertz CT molecular complexity index is 1140. The van der Waals surface area contributed by atoms with E-state index in [1.165, 1.54) is 0 Å². The normalized spacial score (nSPS) is 16.5. The molecule has 0 saturated carbocycles. The monoisotopic (exact) mass is 435 g/mol. The van der Waals surface area contributed by atoms with Gasteiger partial charge in [-0.1, -0.05) is 78.9 Å². The predicted molar refractivity (Wildman–Crippen MR) is 126 cm³/mol. The standard InChI is InChI=1S/C24H21NO3S2/c25-13-17-4-3-5-19(12-17)23-21(14-29)20-6-1-2-7-22(20)28-24(23)18-10-8-16(9-11-18)15-30(26)27/h1-12,14,21H,13,15,25H2,(H,26,27). The van der Waals surface area contributed by atoms with Gasteiger partial charge in [0.15, 0.2) is 11.1 Å². The molecule has 6 heteroatoms. The fourth-order valence-electron chi connectivity index (χ4n) is 3.72. The highest BCUT2D eigenvalue weighted by atomic mass is 32.2. The fourth-order valence-corrected chi connectivity index (χ4v) is 4.48. The second-order valence-electron chi connectivity index (χ2n) is 7.06. The second kappa shape index (κ2) is 9.02. The van der Waals surface area contributed by atoms with Gasteiger partial charge in [-0.2, -0.15) is 0 Å². The average molecular weight is 436 g/mol. The smallest absolute Gasteiger partial charge is 0.157 e. The highest BCUT2D eigenvalue weighted by molar-refractivity contribution is 7.79. The van der Waals surface area contributed by atoms with Crippen LogP contribution in [0.5, 0.6) is 5.75 Å². The van der Waals surface area contributed by atoms with Crippen molar-refractivity contribution in [3.05, 3.63) is 101 Å². The highest BCUT2D eigenvalue weighted by Gasteiger charge is 2.30. The molecular weight excluding hydrogens is 414 g/mol. The SMILES string of the molecule is NCc1cccc(C2=C(c3ccc(CS(=O)O)cc3)Oc3ccccc3C2C=S)c1. The molecule has 4 rings (SSSR count). The molecule has 0 amide bonds. The van der Waals surface area contributed by atoms with Gasteiger partial charge < -0.3 is 15.0 Å². The van der Waals surface area contributed by atoms with E-state index in [1.807, 2.05) is 66.7 Å². The van der Waals surface area contributed by atoms with E-state index < -0.39 is 11.1 Å². The summed E-state index contributed by atoms with van der Waals surface area (Å²) in [6.07, 6.45) is 0. The molecule has 2 atom stereocenters. The van der Waals surface area contributed by atoms with Gasteiger partial charge in [-0.25, -0.2) is 4.21 Å². The number of para-hydroxylation sites is 1. The van der Waals surface area contributed by atoms with E-state index in [1.54, 1.807) is 5.37 Å². The zero-order chi connectivity index (χ0) is 21.1. The molecule has 3 aromatic carbocycles. The van der Waals surface area contributed by atoms with E-state index in [9.17, 15) is 4.21 Å². The highest BCUT2D eigenvalue weighted by Crippen LogP contribution is 2.46. The third-order valence-electron chi connectivity index (χ3n) is 5.14. The maximum absolute atomic E-state index is 11.1. The Morgan fingerprint density at radius 2 is 1.77 bits per heavy atom. The first-order chi connectivity index (χ1) is 14.6. The summed E-state index contributed by atoms with van der Waals surface area (Å²) in [6, 6.07) is 23.5. The minimum absolute atomic E-state index is 0.0942. The summed E-state index contributed by atoms with van der Waals surface area (Å²) in [6.45, 7) is 0.448. The largest absolute Gasteiger partial charge is 0.456 e. The molecule has 30 heavy (non-hydrogen) atoms. The van der Waals surface area contributed by atoms with Crippen molar-refractivity contribution < 1.29 is 13.5 Å². The first kappa shape index (κ1) is 20.6. The number of ether oxygens (including phenoxy) is 1. The number of thiocarbonyl (C=S) groups is 1. The van der Waals surface area contributed by atoms with Crippen molar-refractivity contribution in [1.82, 2.24) is 0 Å². The molecule has 2 unspecified atom stereocenters. The lowest BCUT2D eigenvalue weighted by Gasteiger charge is -2.29. The molecule has 0 spiro atoms. The molecule has 0 bridgehead atoms. The summed E-state index contributed by atoms with van der Waals surface area (Å²) in [5, 5.41) is 1.77. The first-order valence-corrected chi connectivity index (χ1v) is 11.3. The van der Waals surface area contributed by atoms with Gasteiger partial charge in [-0.3, -0.25) is 0 Å². The Hall–Kier alpha value is -2.64. The molecule has 0 aliphatic carbocycles. The molecule has 0 radical (unpaired) electrons. The van der Waals surface area contributed by atoms with Crippen LogP contribution in [0.15, 0.2) is 72.8 Å². The minimum atomic E-state index is -1.88. The van der Waals surface area contributed by atoms with Crippen molar-refractivity contribution in [1.29, 1.82) is 0 Å². The zero-order valence-electron chi connectivity index (χ0n) is 16.2. The Balaban J connectivity index is 1.90. The number of hydrogen-bond acceptors (Lipinski definition) is 4. The Kier molecular flexibility index (Phi) is 6.20. The van der Waals surface area contributed by atoms with Crippen LogP contribution < -0.4 is 10.5 Å². The lowest BCUT2D eigenvalue weighted by Crippen LogP contribution is -2.15. The molecule has 0 saturated heterocycles. The van der Waals surface area contributed by atoms with Crippen LogP contribution in [0.1, 0.15) is 33.7 Å². The van der Waals surface area contributed by atoms with Crippen molar-refractivity contribution in [2.24, 2.45) is 5.73 Å². The molecule has 4 nitrogen and oxygen atoms in total. The second-order valence-corrected chi connectivity index (χ2v) is 8.27. The summed E-state index contributed by atoms with van der Waals surface area (Å²) in [4.78, 5) is 0. The van der Waals surface area contributed by atoms with E-state index in [4.69, 9.17) is 27.2 Å². The van der Waals surface area contributed by atoms with Crippen LogP contribution in [0.3, 0.4) is 0 Å². The summed E-state index contributed by atoms with van der Waals surface area (Å²) in [5.74, 6) is 1.48. The van der Waals surface area contributed by atoms with Gasteiger partial charge in [-0.05, 0) is 28.1 Å². The van der Waals surface area contributed by atoms with Crippen LogP contribution in [-0.4, -0.2) is 14.1 Å². The zero-order valence-corrected chi connectivity index (χ0v) is 17.8. The Labute approximate surface area is 183 Å². The fraction of sp³-hybridized carbons (Fsp3) is 0.125. The van der Waals surface area contributed by atoms with E-state index in [-0.39, 0.29) is 11.7 Å². The van der Waals surface area contributed by atoms with Gasteiger partial charge in [0.25, 0.3) is 0 Å². The Morgan fingerprint density at radius 3 is 2.47 bits per heavy atom. The van der Waals surface area contributed by atoms with Gasteiger partial charge in [0.05, 0.1) is 5.75 Å². The molecule has 3 aromatic rings. The summed E-state index contributed by atoms with van der Waals surface area (Å²) in [5.41, 5.74) is 11.6. The van der Waals surface area contributed by atoms with Crippen LogP contribution in [0.4, 0.5) is 0 Å². The topological polar surface area (TPSA) is 72.6 Å². The maximum Gasteiger partial charge on any atom is 0.157 e. The van der Waals surface area contributed by atoms with Gasteiger partial charge in [-0.15, -0.1) is 0 Å². The van der Waals surface area contributed by atoms with Crippen molar-refractivity contribution in [3.63, 3.8) is 0 Å². The maximum atomic E-state index is 11.1. The van der Waals surface area contributed by atoms with Gasteiger partial charge >= 0.3 is 0 Å². The number of nitrogens with two attached hydrogens (primary N) is 1. The molecule has 0 aromatic heterocycles. The number of rotatable bonds is 6. The van der Waals surface area contributed by atoms with Crippen LogP contribution in [0, 0.1) is 0 Å². The minimum Gasteiger partial charge on any atom is -0.456 e. The van der Waals surface area contributed by atoms with Crippen molar-refractivity contribution >= 4 is 40.0 Å². The van der Waals surface area contributed by atoms with Crippen molar-refractivity contribution in [2.45, 2.75) is 18.2 Å². The lowest BCUT2D eigenvalue weighted by molar-refractivity contribution is 0.500. The van der Waals surface area contributed by atoms with Crippen LogP contribution >= 0.6 is 12.2 Å². The molecule has 0 fully saturated rings. The number of allylic oxidation sites excluding steroid dienone is 1. The lowest BCUT2D eigenvalue weighted by atomic mass is 9.83. The molecular formula is C24H21NO3S2. The summed E-state index contributed by atoms with van der Waals surface area (Å²) in [7, 11) is 0. The van der Waals surface area contributed by atoms with E-state index in [2.05, 4.69) is 6.07 Å². The molecule has 1 aliphatic heterocycles. The van der Waals surface area contributed by atoms with Crippen molar-refractivity contribution in [3.8, 4) is 5.75 Å². The summed E-state index contributed by atoms with van der Waals surface area (Å²) < 4.78 is 26.7. The Morgan fingerprint density at radius 1 is 1.00 bits per heavy atom. The van der Waals surface area contributed by atoms with Crippen LogP contribution in [0.25, 0.3) is 11.3 Å². The van der Waals surface area contributed by atoms with Crippen LogP contribution in [0.2, 0.25) is 0 Å². The van der Waals surface area contributed by atoms with E-state index in [0.29, 0.717) is 6.54 Å². The predicted octanol–water partition coefficient (Wildman–Crippen LogP) is 4.91. The molecule has 1 heterocycles.